The average Bonchev–Trinajstić information content (AvgIpc) is 3.07. The van der Waals surface area contributed by atoms with E-state index in [1.54, 1.807) is 19.2 Å². The first kappa shape index (κ1) is 22.3. The summed E-state index contributed by atoms with van der Waals surface area (Å²) in [6.07, 6.45) is -4.73. The van der Waals surface area contributed by atoms with E-state index < -0.39 is 37.0 Å². The number of hydrogen-bond acceptors (Lipinski definition) is 4. The minimum absolute atomic E-state index is 0.118. The van der Waals surface area contributed by atoms with Crippen molar-refractivity contribution in [2.24, 2.45) is 0 Å². The fraction of sp³-hybridized carbons (Fsp3) is 0.318. The Bertz CT molecular complexity index is 1120. The summed E-state index contributed by atoms with van der Waals surface area (Å²) in [7, 11) is 1.57. The topological polar surface area (TPSA) is 64.4 Å². The number of aromatic nitrogens is 2. The normalized spacial score (nSPS) is 11.5. The molecule has 0 atom stereocenters. The van der Waals surface area contributed by atoms with Crippen molar-refractivity contribution < 1.29 is 27.5 Å². The molecule has 3 aromatic rings. The molecule has 2 aromatic carbocycles. The summed E-state index contributed by atoms with van der Waals surface area (Å²) in [5.74, 6) is -2.61. The summed E-state index contributed by atoms with van der Waals surface area (Å²) in [6, 6.07) is 11.8. The van der Waals surface area contributed by atoms with Crippen LogP contribution in [-0.4, -0.2) is 40.0 Å². The molecule has 1 heterocycles. The molecule has 0 spiro atoms. The third-order valence-corrected chi connectivity index (χ3v) is 4.88. The van der Waals surface area contributed by atoms with Crippen LogP contribution in [0.1, 0.15) is 22.5 Å². The van der Waals surface area contributed by atoms with Gasteiger partial charge >= 0.3 is 12.1 Å². The molecule has 31 heavy (non-hydrogen) atoms. The van der Waals surface area contributed by atoms with E-state index in [9.17, 15) is 22.8 Å². The van der Waals surface area contributed by atoms with Gasteiger partial charge in [0.25, 0.3) is 5.91 Å². The second kappa shape index (κ2) is 8.79. The first-order valence-corrected chi connectivity index (χ1v) is 9.54. The number of imidazole rings is 1. The number of para-hydroxylation sites is 2. The van der Waals surface area contributed by atoms with Crippen molar-refractivity contribution in [3.05, 3.63) is 65.0 Å². The Kier molecular flexibility index (Phi) is 6.33. The number of fused-ring (bicyclic) bond motifs is 1. The first-order chi connectivity index (χ1) is 14.6. The van der Waals surface area contributed by atoms with Crippen LogP contribution in [0, 0.1) is 13.8 Å². The number of carbonyl (C=O) groups excluding carboxylic acids is 2. The maximum Gasteiger partial charge on any atom is 0.449 e. The van der Waals surface area contributed by atoms with E-state index in [1.165, 1.54) is 17.0 Å². The highest BCUT2D eigenvalue weighted by atomic mass is 19.4. The van der Waals surface area contributed by atoms with E-state index in [4.69, 9.17) is 4.74 Å². The van der Waals surface area contributed by atoms with Crippen molar-refractivity contribution in [3.8, 4) is 0 Å². The summed E-state index contributed by atoms with van der Waals surface area (Å²) in [6.45, 7) is 2.97. The predicted octanol–water partition coefficient (Wildman–Crippen LogP) is 3.87. The summed E-state index contributed by atoms with van der Waals surface area (Å²) in [5, 5.41) is 0. The van der Waals surface area contributed by atoms with Crippen LogP contribution in [-0.2, 0) is 33.6 Å². The quantitative estimate of drug-likeness (QED) is 0.554. The van der Waals surface area contributed by atoms with Crippen molar-refractivity contribution in [2.45, 2.75) is 33.1 Å². The van der Waals surface area contributed by atoms with Gasteiger partial charge in [-0.25, -0.2) is 4.98 Å². The molecule has 0 fully saturated rings. The molecule has 1 amide bonds. The minimum Gasteiger partial charge on any atom is -0.454 e. The Balaban J connectivity index is 1.64. The van der Waals surface area contributed by atoms with Gasteiger partial charge in [-0.2, -0.15) is 13.2 Å². The van der Waals surface area contributed by atoms with Crippen molar-refractivity contribution in [1.29, 1.82) is 0 Å². The smallest absolute Gasteiger partial charge is 0.449 e. The van der Waals surface area contributed by atoms with Crippen molar-refractivity contribution >= 4 is 22.9 Å². The number of ether oxygens (including phenoxy) is 1. The molecule has 3 rings (SSSR count). The number of amides is 1. The van der Waals surface area contributed by atoms with Gasteiger partial charge in [0.05, 0.1) is 11.0 Å². The second-order valence-corrected chi connectivity index (χ2v) is 7.35. The van der Waals surface area contributed by atoms with Crippen LogP contribution < -0.4 is 0 Å². The number of alkyl halides is 3. The van der Waals surface area contributed by atoms with Crippen LogP contribution in [0.2, 0.25) is 0 Å². The van der Waals surface area contributed by atoms with Crippen molar-refractivity contribution in [3.63, 3.8) is 0 Å². The Hall–Kier alpha value is -3.36. The maximum atomic E-state index is 13.3. The maximum absolute atomic E-state index is 13.3. The van der Waals surface area contributed by atoms with E-state index in [-0.39, 0.29) is 11.0 Å². The molecule has 0 aliphatic heterocycles. The Morgan fingerprint density at radius 1 is 1.13 bits per heavy atom. The number of aryl methyl sites for hydroxylation is 2. The number of halogens is 3. The van der Waals surface area contributed by atoms with E-state index in [0.717, 1.165) is 21.3 Å². The molecule has 0 saturated carbocycles. The molecule has 0 unspecified atom stereocenters. The average molecular weight is 433 g/mol. The second-order valence-electron chi connectivity index (χ2n) is 7.35. The highest BCUT2D eigenvalue weighted by Gasteiger charge is 2.38. The first-order valence-electron chi connectivity index (χ1n) is 9.54. The van der Waals surface area contributed by atoms with Gasteiger partial charge in [-0.05, 0) is 37.1 Å². The third kappa shape index (κ3) is 5.22. The molecule has 0 N–H and O–H groups in total. The highest BCUT2D eigenvalue weighted by Crippen LogP contribution is 2.31. The Morgan fingerprint density at radius 2 is 1.84 bits per heavy atom. The monoisotopic (exact) mass is 433 g/mol. The zero-order chi connectivity index (χ0) is 22.8. The SMILES string of the molecule is Cc1ccc(CN(C)C(=O)COC(=O)Cn2c(C(F)(F)F)nc3ccccc32)c(C)c1. The molecular weight excluding hydrogens is 411 g/mol. The van der Waals surface area contributed by atoms with Gasteiger partial charge in [0.15, 0.2) is 6.61 Å². The van der Waals surface area contributed by atoms with Gasteiger partial charge < -0.3 is 14.2 Å². The lowest BCUT2D eigenvalue weighted by Crippen LogP contribution is -2.32. The highest BCUT2D eigenvalue weighted by molar-refractivity contribution is 5.82. The predicted molar refractivity (Wildman–Crippen MR) is 108 cm³/mol. The van der Waals surface area contributed by atoms with Gasteiger partial charge in [-0.3, -0.25) is 9.59 Å². The van der Waals surface area contributed by atoms with E-state index >= 15 is 0 Å². The molecule has 1 aromatic heterocycles. The lowest BCUT2D eigenvalue weighted by molar-refractivity contribution is -0.155. The summed E-state index contributed by atoms with van der Waals surface area (Å²) < 4.78 is 45.7. The number of rotatable bonds is 6. The molecule has 6 nitrogen and oxygen atoms in total. The Morgan fingerprint density at radius 3 is 2.52 bits per heavy atom. The van der Waals surface area contributed by atoms with Gasteiger partial charge in [0.1, 0.15) is 6.54 Å². The fourth-order valence-electron chi connectivity index (χ4n) is 3.25. The van der Waals surface area contributed by atoms with E-state index in [2.05, 4.69) is 4.98 Å². The molecule has 0 radical (unpaired) electrons. The lowest BCUT2D eigenvalue weighted by atomic mass is 10.1. The van der Waals surface area contributed by atoms with Gasteiger partial charge in [-0.15, -0.1) is 0 Å². The zero-order valence-electron chi connectivity index (χ0n) is 17.4. The number of hydrogen-bond donors (Lipinski definition) is 0. The molecule has 0 saturated heterocycles. The molecular formula is C22H22F3N3O3. The number of esters is 1. The standard InChI is InChI=1S/C22H22F3N3O3/c1-14-8-9-16(15(2)10-14)11-27(3)19(29)13-31-20(30)12-28-18-7-5-4-6-17(18)26-21(28)22(23,24)25/h4-10H,11-13H2,1-3H3. The molecule has 0 aliphatic carbocycles. The van der Waals surface area contributed by atoms with Gasteiger partial charge in [-0.1, -0.05) is 35.9 Å². The molecule has 0 bridgehead atoms. The molecule has 0 aliphatic rings. The number of carbonyl (C=O) groups is 2. The summed E-state index contributed by atoms with van der Waals surface area (Å²) in [5.41, 5.74) is 3.36. The van der Waals surface area contributed by atoms with Crippen LogP contribution >= 0.6 is 0 Å². The summed E-state index contributed by atoms with van der Waals surface area (Å²) >= 11 is 0. The Labute approximate surface area is 177 Å². The van der Waals surface area contributed by atoms with Crippen LogP contribution in [0.3, 0.4) is 0 Å². The van der Waals surface area contributed by atoms with Gasteiger partial charge in [0.2, 0.25) is 5.82 Å². The molecule has 164 valence electrons. The zero-order valence-corrected chi connectivity index (χ0v) is 17.4. The van der Waals surface area contributed by atoms with Crippen LogP contribution in [0.4, 0.5) is 13.2 Å². The lowest BCUT2D eigenvalue weighted by Gasteiger charge is -2.19. The van der Waals surface area contributed by atoms with Crippen LogP contribution in [0.25, 0.3) is 11.0 Å². The van der Waals surface area contributed by atoms with Crippen molar-refractivity contribution in [1.82, 2.24) is 14.5 Å². The van der Waals surface area contributed by atoms with Gasteiger partial charge in [0, 0.05) is 13.6 Å². The van der Waals surface area contributed by atoms with E-state index in [1.807, 2.05) is 32.0 Å². The van der Waals surface area contributed by atoms with E-state index in [0.29, 0.717) is 6.54 Å². The molecule has 9 heteroatoms. The number of nitrogens with zero attached hydrogens (tertiary/aromatic N) is 3. The minimum atomic E-state index is -4.73. The van der Waals surface area contributed by atoms with Crippen LogP contribution in [0.15, 0.2) is 42.5 Å². The largest absolute Gasteiger partial charge is 0.454 e. The number of benzene rings is 2. The summed E-state index contributed by atoms with van der Waals surface area (Å²) in [4.78, 5) is 29.5. The number of likely N-dealkylation sites (N-methyl/N-ethyl adjacent to an activating group) is 1. The van der Waals surface area contributed by atoms with Crippen LogP contribution in [0.5, 0.6) is 0 Å². The fourth-order valence-corrected chi connectivity index (χ4v) is 3.25. The third-order valence-electron chi connectivity index (χ3n) is 4.88. The van der Waals surface area contributed by atoms with Crippen molar-refractivity contribution in [2.75, 3.05) is 13.7 Å².